The first-order chi connectivity index (χ1) is 11.3. The summed E-state index contributed by atoms with van der Waals surface area (Å²) in [6, 6.07) is 1.24. The van der Waals surface area contributed by atoms with Crippen LogP contribution in [0.1, 0.15) is 54.2 Å². The molecule has 1 aliphatic rings. The predicted octanol–water partition coefficient (Wildman–Crippen LogP) is 1.79. The Labute approximate surface area is 146 Å². The van der Waals surface area contributed by atoms with Crippen LogP contribution in [0.4, 0.5) is 0 Å². The van der Waals surface area contributed by atoms with Crippen molar-refractivity contribution in [1.82, 2.24) is 16.2 Å². The van der Waals surface area contributed by atoms with Gasteiger partial charge in [-0.05, 0) is 42.7 Å². The minimum Gasteiger partial charge on any atom is -0.344 e. The fourth-order valence-electron chi connectivity index (χ4n) is 2.83. The molecule has 0 saturated carbocycles. The molecule has 1 heterocycles. The maximum atomic E-state index is 12.3. The Morgan fingerprint density at radius 2 is 1.96 bits per heavy atom. The number of carbonyl (C=O) groups excluding carboxylic acids is 3. The van der Waals surface area contributed by atoms with Crippen LogP contribution in [0.25, 0.3) is 0 Å². The number of thiophene rings is 1. The highest BCUT2D eigenvalue weighted by Gasteiger charge is 2.24. The Morgan fingerprint density at radius 3 is 2.58 bits per heavy atom. The number of hydrogen-bond acceptors (Lipinski definition) is 4. The average Bonchev–Trinajstić information content (AvgIpc) is 2.92. The van der Waals surface area contributed by atoms with Crippen molar-refractivity contribution in [3.8, 4) is 0 Å². The lowest BCUT2D eigenvalue weighted by Gasteiger charge is -2.20. The van der Waals surface area contributed by atoms with Gasteiger partial charge in [-0.25, -0.2) is 0 Å². The number of amides is 3. The number of nitrogens with one attached hydrogen (secondary N) is 3. The Bertz CT molecular complexity index is 639. The van der Waals surface area contributed by atoms with Gasteiger partial charge in [0.1, 0.15) is 6.04 Å². The Hall–Kier alpha value is -1.89. The van der Waals surface area contributed by atoms with E-state index in [0.717, 1.165) is 19.3 Å². The number of rotatable bonds is 4. The normalized spacial score (nSPS) is 17.8. The molecule has 1 aromatic heterocycles. The molecule has 1 aliphatic carbocycles. The molecular formula is C17H25N3O3S. The van der Waals surface area contributed by atoms with E-state index in [0.29, 0.717) is 10.8 Å². The molecule has 0 radical (unpaired) electrons. The molecule has 24 heavy (non-hydrogen) atoms. The minimum atomic E-state index is -0.680. The van der Waals surface area contributed by atoms with E-state index in [4.69, 9.17) is 0 Å². The van der Waals surface area contributed by atoms with Gasteiger partial charge >= 0.3 is 0 Å². The van der Waals surface area contributed by atoms with E-state index >= 15 is 0 Å². The molecule has 132 valence electrons. The molecule has 2 rings (SSSR count). The highest BCUT2D eigenvalue weighted by molar-refractivity contribution is 7.14. The molecule has 7 heteroatoms. The number of fused-ring (bicyclic) bond motifs is 1. The SMILES string of the molecule is CC(=O)N[C@H](C(=O)NNC(=O)c1cc2c(s1)CC[C@@H](C)C2)C(C)C. The van der Waals surface area contributed by atoms with Crippen LogP contribution in [0.5, 0.6) is 0 Å². The van der Waals surface area contributed by atoms with Crippen molar-refractivity contribution in [2.75, 3.05) is 0 Å². The summed E-state index contributed by atoms with van der Waals surface area (Å²) in [6.45, 7) is 7.24. The van der Waals surface area contributed by atoms with E-state index < -0.39 is 11.9 Å². The Balaban J connectivity index is 1.95. The highest BCUT2D eigenvalue weighted by atomic mass is 32.1. The standard InChI is InChI=1S/C17H25N3O3S/c1-9(2)15(18-11(4)21)17(23)20-19-16(22)14-8-12-7-10(3)5-6-13(12)24-14/h8-10,15H,5-7H2,1-4H3,(H,18,21)(H,19,22)(H,20,23)/t10-,15+/m1/s1. The van der Waals surface area contributed by atoms with E-state index in [2.05, 4.69) is 23.1 Å². The van der Waals surface area contributed by atoms with Crippen LogP contribution in [-0.2, 0) is 22.4 Å². The molecule has 0 saturated heterocycles. The summed E-state index contributed by atoms with van der Waals surface area (Å²) in [5.41, 5.74) is 6.10. The van der Waals surface area contributed by atoms with Crippen LogP contribution in [-0.4, -0.2) is 23.8 Å². The predicted molar refractivity (Wildman–Crippen MR) is 93.6 cm³/mol. The third-order valence-electron chi connectivity index (χ3n) is 4.16. The number of carbonyl (C=O) groups is 3. The molecular weight excluding hydrogens is 326 g/mol. The van der Waals surface area contributed by atoms with Crippen molar-refractivity contribution < 1.29 is 14.4 Å². The van der Waals surface area contributed by atoms with Gasteiger partial charge in [0.25, 0.3) is 11.8 Å². The van der Waals surface area contributed by atoms with E-state index in [-0.39, 0.29) is 17.7 Å². The van der Waals surface area contributed by atoms with Crippen LogP contribution < -0.4 is 16.2 Å². The Morgan fingerprint density at radius 1 is 1.25 bits per heavy atom. The molecule has 0 fully saturated rings. The van der Waals surface area contributed by atoms with Crippen molar-refractivity contribution in [1.29, 1.82) is 0 Å². The first-order valence-electron chi connectivity index (χ1n) is 8.26. The second-order valence-electron chi connectivity index (χ2n) is 6.77. The summed E-state index contributed by atoms with van der Waals surface area (Å²) in [7, 11) is 0. The summed E-state index contributed by atoms with van der Waals surface area (Å²) in [5.74, 6) is -0.465. The highest BCUT2D eigenvalue weighted by Crippen LogP contribution is 2.32. The number of aryl methyl sites for hydroxylation is 1. The average molecular weight is 351 g/mol. The lowest BCUT2D eigenvalue weighted by molar-refractivity contribution is -0.129. The van der Waals surface area contributed by atoms with Crippen LogP contribution in [0.2, 0.25) is 0 Å². The zero-order valence-electron chi connectivity index (χ0n) is 14.6. The van der Waals surface area contributed by atoms with Gasteiger partial charge in [-0.1, -0.05) is 20.8 Å². The zero-order valence-corrected chi connectivity index (χ0v) is 15.4. The lowest BCUT2D eigenvalue weighted by atomic mass is 9.90. The largest absolute Gasteiger partial charge is 0.344 e. The molecule has 3 amide bonds. The second kappa shape index (κ2) is 7.79. The van der Waals surface area contributed by atoms with Gasteiger partial charge < -0.3 is 5.32 Å². The number of hydrazine groups is 1. The van der Waals surface area contributed by atoms with Crippen molar-refractivity contribution in [3.05, 3.63) is 21.4 Å². The molecule has 2 atom stereocenters. The smallest absolute Gasteiger partial charge is 0.279 e. The van der Waals surface area contributed by atoms with Crippen molar-refractivity contribution in [3.63, 3.8) is 0 Å². The second-order valence-corrected chi connectivity index (χ2v) is 7.91. The molecule has 0 aliphatic heterocycles. The quantitative estimate of drug-likeness (QED) is 0.723. The topological polar surface area (TPSA) is 87.3 Å². The first kappa shape index (κ1) is 18.4. The third-order valence-corrected chi connectivity index (χ3v) is 5.40. The van der Waals surface area contributed by atoms with Crippen LogP contribution in [0.3, 0.4) is 0 Å². The van der Waals surface area contributed by atoms with E-state index in [1.54, 1.807) is 0 Å². The zero-order chi connectivity index (χ0) is 17.9. The molecule has 3 N–H and O–H groups in total. The fraction of sp³-hybridized carbons (Fsp3) is 0.588. The van der Waals surface area contributed by atoms with Crippen molar-refractivity contribution >= 4 is 29.1 Å². The summed E-state index contributed by atoms with van der Waals surface area (Å²) >= 11 is 1.49. The van der Waals surface area contributed by atoms with Gasteiger partial charge in [0.05, 0.1) is 4.88 Å². The molecule has 0 unspecified atom stereocenters. The number of hydrogen-bond donors (Lipinski definition) is 3. The fourth-order valence-corrected chi connectivity index (χ4v) is 3.93. The van der Waals surface area contributed by atoms with Crippen LogP contribution in [0.15, 0.2) is 6.07 Å². The maximum absolute atomic E-state index is 12.3. The molecule has 6 nitrogen and oxygen atoms in total. The van der Waals surface area contributed by atoms with E-state index in [1.165, 1.54) is 28.7 Å². The minimum absolute atomic E-state index is 0.0821. The Kier molecular flexibility index (Phi) is 5.99. The maximum Gasteiger partial charge on any atom is 0.279 e. The van der Waals surface area contributed by atoms with Gasteiger partial charge in [0.2, 0.25) is 5.91 Å². The van der Waals surface area contributed by atoms with Crippen molar-refractivity contribution in [2.45, 2.75) is 53.0 Å². The van der Waals surface area contributed by atoms with Crippen LogP contribution in [0, 0.1) is 11.8 Å². The summed E-state index contributed by atoms with van der Waals surface area (Å²) in [6.07, 6.45) is 3.17. The van der Waals surface area contributed by atoms with E-state index in [1.807, 2.05) is 19.9 Å². The molecule has 1 aromatic rings. The molecule has 0 aromatic carbocycles. The summed E-state index contributed by atoms with van der Waals surface area (Å²) in [5, 5.41) is 2.59. The summed E-state index contributed by atoms with van der Waals surface area (Å²) < 4.78 is 0. The van der Waals surface area contributed by atoms with Gasteiger partial charge in [-0.2, -0.15) is 0 Å². The first-order valence-corrected chi connectivity index (χ1v) is 9.08. The van der Waals surface area contributed by atoms with Crippen LogP contribution >= 0.6 is 11.3 Å². The van der Waals surface area contributed by atoms with E-state index in [9.17, 15) is 14.4 Å². The van der Waals surface area contributed by atoms with Gasteiger partial charge in [-0.3, -0.25) is 25.2 Å². The van der Waals surface area contributed by atoms with Gasteiger partial charge in [0.15, 0.2) is 0 Å². The lowest BCUT2D eigenvalue weighted by Crippen LogP contribution is -2.53. The van der Waals surface area contributed by atoms with Crippen molar-refractivity contribution in [2.24, 2.45) is 11.8 Å². The monoisotopic (exact) mass is 351 g/mol. The van der Waals surface area contributed by atoms with Gasteiger partial charge in [0, 0.05) is 11.8 Å². The third kappa shape index (κ3) is 4.56. The van der Waals surface area contributed by atoms with Gasteiger partial charge in [-0.15, -0.1) is 11.3 Å². The molecule has 0 bridgehead atoms. The molecule has 0 spiro atoms. The summed E-state index contributed by atoms with van der Waals surface area (Å²) in [4.78, 5) is 37.5.